The highest BCUT2D eigenvalue weighted by Gasteiger charge is 2.31. The van der Waals surface area contributed by atoms with E-state index in [0.717, 1.165) is 17.3 Å². The second kappa shape index (κ2) is 7.31. The van der Waals surface area contributed by atoms with Crippen LogP contribution in [0.2, 0.25) is 0 Å². The average Bonchev–Trinajstić information content (AvgIpc) is 3.40. The van der Waals surface area contributed by atoms with Gasteiger partial charge < -0.3 is 10.2 Å². The van der Waals surface area contributed by atoms with Gasteiger partial charge in [-0.3, -0.25) is 4.98 Å². The molecule has 0 bridgehead atoms. The van der Waals surface area contributed by atoms with Gasteiger partial charge in [0.25, 0.3) is 0 Å². The first-order valence-electron chi connectivity index (χ1n) is 8.62. The van der Waals surface area contributed by atoms with Gasteiger partial charge in [0.1, 0.15) is 0 Å². The minimum absolute atomic E-state index is 0.509. The zero-order valence-corrected chi connectivity index (χ0v) is 15.4. The number of hydrogen-bond acceptors (Lipinski definition) is 2. The van der Waals surface area contributed by atoms with Crippen molar-refractivity contribution in [3.05, 3.63) is 59.4 Å². The molecule has 2 aromatic rings. The Hall–Kier alpha value is -1.94. The Morgan fingerprint density at radius 2 is 2.08 bits per heavy atom. The van der Waals surface area contributed by atoms with Crippen LogP contribution in [0, 0.1) is 6.92 Å². The molecular weight excluding hydrogens is 314 g/mol. The maximum atomic E-state index is 5.74. The highest BCUT2D eigenvalue weighted by Crippen LogP contribution is 2.30. The van der Waals surface area contributed by atoms with Crippen LogP contribution < -0.4 is 5.32 Å². The zero-order chi connectivity index (χ0) is 17.1. The molecule has 3 rings (SSSR count). The van der Waals surface area contributed by atoms with Crippen molar-refractivity contribution < 1.29 is 0 Å². The predicted molar refractivity (Wildman–Crippen MR) is 104 cm³/mol. The van der Waals surface area contributed by atoms with Crippen molar-refractivity contribution in [2.24, 2.45) is 0 Å². The maximum Gasteiger partial charge on any atom is 0.173 e. The summed E-state index contributed by atoms with van der Waals surface area (Å²) in [5.74, 6) is 0.509. The van der Waals surface area contributed by atoms with Gasteiger partial charge in [0.05, 0.1) is 0 Å². The fraction of sp³-hybridized carbons (Fsp3) is 0.400. The molecule has 3 nitrogen and oxygen atoms in total. The van der Waals surface area contributed by atoms with Gasteiger partial charge in [-0.2, -0.15) is 0 Å². The van der Waals surface area contributed by atoms with E-state index in [2.05, 4.69) is 60.2 Å². The Balaban J connectivity index is 1.76. The molecule has 1 N–H and O–H groups in total. The molecule has 0 aliphatic heterocycles. The van der Waals surface area contributed by atoms with E-state index >= 15 is 0 Å². The Bertz CT molecular complexity index is 708. The molecule has 0 amide bonds. The number of pyridine rings is 1. The molecule has 0 spiro atoms. The SMILES string of the molecule is Cc1c(NC(=S)N(Cc2cccnc2)C2CC2)cccc1C(C)C. The van der Waals surface area contributed by atoms with Crippen LogP contribution in [0.15, 0.2) is 42.7 Å². The third-order valence-corrected chi connectivity index (χ3v) is 4.90. The van der Waals surface area contributed by atoms with Crippen molar-refractivity contribution in [3.63, 3.8) is 0 Å². The molecule has 126 valence electrons. The van der Waals surface area contributed by atoms with Crippen LogP contribution in [0.3, 0.4) is 0 Å². The van der Waals surface area contributed by atoms with Crippen molar-refractivity contribution in [3.8, 4) is 0 Å². The van der Waals surface area contributed by atoms with Crippen molar-refractivity contribution in [2.45, 2.75) is 52.1 Å². The minimum Gasteiger partial charge on any atom is -0.342 e. The first-order valence-corrected chi connectivity index (χ1v) is 9.03. The molecule has 1 aromatic carbocycles. The summed E-state index contributed by atoms with van der Waals surface area (Å²) in [6.45, 7) is 7.43. The van der Waals surface area contributed by atoms with E-state index in [4.69, 9.17) is 12.2 Å². The quantitative estimate of drug-likeness (QED) is 0.786. The highest BCUT2D eigenvalue weighted by molar-refractivity contribution is 7.80. The molecule has 1 aliphatic rings. The summed E-state index contributed by atoms with van der Waals surface area (Å²) in [6.07, 6.45) is 6.16. The van der Waals surface area contributed by atoms with Gasteiger partial charge in [-0.05, 0) is 66.7 Å². The molecule has 0 radical (unpaired) electrons. The van der Waals surface area contributed by atoms with Gasteiger partial charge in [-0.1, -0.05) is 32.0 Å². The topological polar surface area (TPSA) is 28.2 Å². The molecule has 1 heterocycles. The fourth-order valence-electron chi connectivity index (χ4n) is 3.04. The van der Waals surface area contributed by atoms with E-state index in [9.17, 15) is 0 Å². The van der Waals surface area contributed by atoms with Gasteiger partial charge in [-0.25, -0.2) is 0 Å². The van der Waals surface area contributed by atoms with Gasteiger partial charge in [-0.15, -0.1) is 0 Å². The number of benzene rings is 1. The van der Waals surface area contributed by atoms with Crippen molar-refractivity contribution in [1.82, 2.24) is 9.88 Å². The number of anilines is 1. The second-order valence-corrected chi connectivity index (χ2v) is 7.21. The predicted octanol–water partition coefficient (Wildman–Crippen LogP) is 4.87. The molecule has 4 heteroatoms. The lowest BCUT2D eigenvalue weighted by Crippen LogP contribution is -2.36. The number of thiocarbonyl (C=S) groups is 1. The zero-order valence-electron chi connectivity index (χ0n) is 14.6. The number of hydrogen-bond donors (Lipinski definition) is 1. The van der Waals surface area contributed by atoms with Crippen LogP contribution in [0.5, 0.6) is 0 Å². The Morgan fingerprint density at radius 3 is 2.71 bits per heavy atom. The lowest BCUT2D eigenvalue weighted by atomic mass is 9.97. The summed E-state index contributed by atoms with van der Waals surface area (Å²) in [4.78, 5) is 6.52. The molecule has 0 unspecified atom stereocenters. The monoisotopic (exact) mass is 339 g/mol. The van der Waals surface area contributed by atoms with E-state index in [-0.39, 0.29) is 0 Å². The molecule has 1 aromatic heterocycles. The first kappa shape index (κ1) is 16.9. The number of nitrogens with zero attached hydrogens (tertiary/aromatic N) is 2. The molecule has 0 saturated heterocycles. The summed E-state index contributed by atoms with van der Waals surface area (Å²) in [5, 5.41) is 4.29. The van der Waals surface area contributed by atoms with E-state index in [1.165, 1.54) is 29.5 Å². The molecule has 24 heavy (non-hydrogen) atoms. The fourth-order valence-corrected chi connectivity index (χ4v) is 3.37. The van der Waals surface area contributed by atoms with Gasteiger partial charge in [0, 0.05) is 30.7 Å². The number of nitrogens with one attached hydrogen (secondary N) is 1. The first-order chi connectivity index (χ1) is 11.6. The van der Waals surface area contributed by atoms with E-state index in [1.54, 1.807) is 0 Å². The molecule has 0 atom stereocenters. The van der Waals surface area contributed by atoms with Crippen LogP contribution in [0.25, 0.3) is 0 Å². The third-order valence-electron chi connectivity index (χ3n) is 4.56. The van der Waals surface area contributed by atoms with Crippen molar-refractivity contribution >= 4 is 23.0 Å². The maximum absolute atomic E-state index is 5.74. The van der Waals surface area contributed by atoms with Crippen molar-refractivity contribution in [2.75, 3.05) is 5.32 Å². The van der Waals surface area contributed by atoms with E-state index in [0.29, 0.717) is 12.0 Å². The largest absolute Gasteiger partial charge is 0.342 e. The lowest BCUT2D eigenvalue weighted by Gasteiger charge is -2.27. The Morgan fingerprint density at radius 1 is 1.29 bits per heavy atom. The Kier molecular flexibility index (Phi) is 5.14. The smallest absolute Gasteiger partial charge is 0.173 e. The van der Waals surface area contributed by atoms with E-state index < -0.39 is 0 Å². The second-order valence-electron chi connectivity index (χ2n) is 6.83. The summed E-state index contributed by atoms with van der Waals surface area (Å²) in [5.41, 5.74) is 4.96. The summed E-state index contributed by atoms with van der Waals surface area (Å²) < 4.78 is 0. The van der Waals surface area contributed by atoms with E-state index in [1.807, 2.05) is 18.5 Å². The lowest BCUT2D eigenvalue weighted by molar-refractivity contribution is 0.409. The minimum atomic E-state index is 0.509. The number of aromatic nitrogens is 1. The van der Waals surface area contributed by atoms with Crippen LogP contribution in [-0.2, 0) is 6.54 Å². The molecule has 1 saturated carbocycles. The number of rotatable bonds is 5. The van der Waals surface area contributed by atoms with Crippen molar-refractivity contribution in [1.29, 1.82) is 0 Å². The summed E-state index contributed by atoms with van der Waals surface area (Å²) in [7, 11) is 0. The third kappa shape index (κ3) is 3.93. The molecule has 1 aliphatic carbocycles. The van der Waals surface area contributed by atoms with Crippen LogP contribution >= 0.6 is 12.2 Å². The Labute approximate surface area is 150 Å². The summed E-state index contributed by atoms with van der Waals surface area (Å²) >= 11 is 5.74. The standard InChI is InChI=1S/C20H25N3S/c1-14(2)18-7-4-8-19(15(18)3)22-20(24)23(17-9-10-17)13-16-6-5-11-21-12-16/h4-8,11-12,14,17H,9-10,13H2,1-3H3,(H,22,24). The normalized spacial score (nSPS) is 13.8. The average molecular weight is 340 g/mol. The molecule has 1 fully saturated rings. The van der Waals surface area contributed by atoms with Crippen LogP contribution in [-0.4, -0.2) is 21.0 Å². The highest BCUT2D eigenvalue weighted by atomic mass is 32.1. The van der Waals surface area contributed by atoms with Crippen LogP contribution in [0.1, 0.15) is 49.3 Å². The van der Waals surface area contributed by atoms with Gasteiger partial charge >= 0.3 is 0 Å². The summed E-state index contributed by atoms with van der Waals surface area (Å²) in [6, 6.07) is 11.1. The molecular formula is C20H25N3S. The van der Waals surface area contributed by atoms with Gasteiger partial charge in [0.2, 0.25) is 0 Å². The van der Waals surface area contributed by atoms with Crippen LogP contribution in [0.4, 0.5) is 5.69 Å². The van der Waals surface area contributed by atoms with Gasteiger partial charge in [0.15, 0.2) is 5.11 Å².